The molecule has 0 aliphatic carbocycles. The number of likely N-dealkylation sites (tertiary alicyclic amines) is 1. The molecule has 0 spiro atoms. The molecule has 0 N–H and O–H groups in total. The Hall–Kier alpha value is -1.31. The van der Waals surface area contributed by atoms with Crippen molar-refractivity contribution in [1.29, 1.82) is 0 Å². The van der Waals surface area contributed by atoms with E-state index in [4.69, 9.17) is 9.15 Å². The SMILES string of the molecule is Cc1nnc([C@@H]2CC[C@H]3[C@H](CCN3Cc3nccs3)O2)o1. The number of hydrogen-bond donors (Lipinski definition) is 0. The van der Waals surface area contributed by atoms with Gasteiger partial charge in [0, 0.05) is 31.1 Å². The minimum atomic E-state index is -0.0349. The molecule has 3 atom stereocenters. The van der Waals surface area contributed by atoms with Crippen LogP contribution in [0.15, 0.2) is 16.0 Å². The van der Waals surface area contributed by atoms with Gasteiger partial charge in [-0.05, 0) is 19.3 Å². The molecular weight excluding hydrogens is 288 g/mol. The fourth-order valence-electron chi connectivity index (χ4n) is 3.34. The molecule has 0 aromatic carbocycles. The highest BCUT2D eigenvalue weighted by atomic mass is 32.1. The number of nitrogens with zero attached hydrogens (tertiary/aromatic N) is 4. The number of aryl methyl sites for hydroxylation is 1. The number of rotatable bonds is 3. The summed E-state index contributed by atoms with van der Waals surface area (Å²) < 4.78 is 11.7. The molecule has 7 heteroatoms. The summed E-state index contributed by atoms with van der Waals surface area (Å²) in [6, 6.07) is 0.495. The fraction of sp³-hybridized carbons (Fsp3) is 0.643. The summed E-state index contributed by atoms with van der Waals surface area (Å²) in [7, 11) is 0. The highest BCUT2D eigenvalue weighted by molar-refractivity contribution is 7.09. The molecule has 2 aliphatic heterocycles. The summed E-state index contributed by atoms with van der Waals surface area (Å²) in [5.41, 5.74) is 0. The first kappa shape index (κ1) is 13.4. The smallest absolute Gasteiger partial charge is 0.245 e. The van der Waals surface area contributed by atoms with Gasteiger partial charge in [0.15, 0.2) is 0 Å². The van der Waals surface area contributed by atoms with E-state index >= 15 is 0 Å². The highest BCUT2D eigenvalue weighted by Gasteiger charge is 2.41. The van der Waals surface area contributed by atoms with Crippen molar-refractivity contribution >= 4 is 11.3 Å². The maximum Gasteiger partial charge on any atom is 0.245 e. The minimum Gasteiger partial charge on any atom is -0.423 e. The molecule has 0 unspecified atom stereocenters. The molecule has 2 saturated heterocycles. The maximum absolute atomic E-state index is 6.20. The lowest BCUT2D eigenvalue weighted by Crippen LogP contribution is -2.40. The van der Waals surface area contributed by atoms with E-state index in [-0.39, 0.29) is 12.2 Å². The van der Waals surface area contributed by atoms with Gasteiger partial charge in [-0.3, -0.25) is 4.90 Å². The van der Waals surface area contributed by atoms with Gasteiger partial charge in [0.1, 0.15) is 11.1 Å². The van der Waals surface area contributed by atoms with Crippen LogP contribution in [-0.4, -0.2) is 38.8 Å². The zero-order chi connectivity index (χ0) is 14.2. The Kier molecular flexibility index (Phi) is 3.48. The van der Waals surface area contributed by atoms with Crippen LogP contribution in [0.5, 0.6) is 0 Å². The van der Waals surface area contributed by atoms with Crippen LogP contribution in [0.2, 0.25) is 0 Å². The lowest BCUT2D eigenvalue weighted by molar-refractivity contribution is -0.0818. The van der Waals surface area contributed by atoms with E-state index in [0.717, 1.165) is 32.4 Å². The average Bonchev–Trinajstić information content (AvgIpc) is 3.21. The van der Waals surface area contributed by atoms with Gasteiger partial charge in [-0.25, -0.2) is 4.98 Å². The Bertz CT molecular complexity index is 600. The van der Waals surface area contributed by atoms with Gasteiger partial charge in [-0.2, -0.15) is 0 Å². The molecule has 4 rings (SSSR count). The van der Waals surface area contributed by atoms with E-state index in [1.54, 1.807) is 11.3 Å². The lowest BCUT2D eigenvalue weighted by Gasteiger charge is -2.34. The molecule has 2 aromatic heterocycles. The predicted molar refractivity (Wildman–Crippen MR) is 76.8 cm³/mol. The van der Waals surface area contributed by atoms with Gasteiger partial charge in [0.2, 0.25) is 11.8 Å². The largest absolute Gasteiger partial charge is 0.423 e. The molecule has 0 saturated carbocycles. The van der Waals surface area contributed by atoms with E-state index in [0.29, 0.717) is 17.8 Å². The molecule has 2 aromatic rings. The summed E-state index contributed by atoms with van der Waals surface area (Å²) >= 11 is 1.72. The topological polar surface area (TPSA) is 64.3 Å². The monoisotopic (exact) mass is 306 g/mol. The van der Waals surface area contributed by atoms with Crippen LogP contribution >= 0.6 is 11.3 Å². The van der Waals surface area contributed by atoms with Crippen molar-refractivity contribution in [3.63, 3.8) is 0 Å². The molecule has 6 nitrogen and oxygen atoms in total. The molecule has 2 aliphatic rings. The third kappa shape index (κ3) is 2.61. The van der Waals surface area contributed by atoms with Gasteiger partial charge in [-0.15, -0.1) is 21.5 Å². The molecule has 0 radical (unpaired) electrons. The van der Waals surface area contributed by atoms with Crippen LogP contribution in [0.3, 0.4) is 0 Å². The van der Waals surface area contributed by atoms with Crippen molar-refractivity contribution < 1.29 is 9.15 Å². The van der Waals surface area contributed by atoms with Crippen molar-refractivity contribution in [3.8, 4) is 0 Å². The van der Waals surface area contributed by atoms with Crippen LogP contribution in [-0.2, 0) is 11.3 Å². The summed E-state index contributed by atoms with van der Waals surface area (Å²) in [4.78, 5) is 6.88. The van der Waals surface area contributed by atoms with Crippen molar-refractivity contribution in [1.82, 2.24) is 20.1 Å². The van der Waals surface area contributed by atoms with E-state index in [9.17, 15) is 0 Å². The van der Waals surface area contributed by atoms with Crippen LogP contribution in [0.25, 0.3) is 0 Å². The average molecular weight is 306 g/mol. The Labute approximate surface area is 127 Å². The van der Waals surface area contributed by atoms with Gasteiger partial charge in [0.05, 0.1) is 12.6 Å². The van der Waals surface area contributed by atoms with Crippen molar-refractivity contribution in [2.75, 3.05) is 6.54 Å². The third-order valence-electron chi connectivity index (χ3n) is 4.30. The third-order valence-corrected chi connectivity index (χ3v) is 5.07. The summed E-state index contributed by atoms with van der Waals surface area (Å²) in [5.74, 6) is 1.23. The molecule has 4 heterocycles. The Morgan fingerprint density at radius 2 is 2.29 bits per heavy atom. The van der Waals surface area contributed by atoms with E-state index in [1.165, 1.54) is 5.01 Å². The first-order chi connectivity index (χ1) is 10.3. The second kappa shape index (κ2) is 5.47. The lowest BCUT2D eigenvalue weighted by atomic mass is 9.99. The predicted octanol–water partition coefficient (Wildman–Crippen LogP) is 2.33. The van der Waals surface area contributed by atoms with Crippen LogP contribution in [0, 0.1) is 6.92 Å². The number of fused-ring (bicyclic) bond motifs is 1. The Balaban J connectivity index is 1.42. The normalized spacial score (nSPS) is 29.7. The molecule has 112 valence electrons. The second-order valence-electron chi connectivity index (χ2n) is 5.65. The van der Waals surface area contributed by atoms with Gasteiger partial charge in [0.25, 0.3) is 0 Å². The summed E-state index contributed by atoms with van der Waals surface area (Å²) in [5, 5.41) is 11.2. The zero-order valence-electron chi connectivity index (χ0n) is 11.9. The number of thiazole rings is 1. The molecule has 0 amide bonds. The number of aromatic nitrogens is 3. The molecule has 21 heavy (non-hydrogen) atoms. The van der Waals surface area contributed by atoms with Gasteiger partial charge in [-0.1, -0.05) is 0 Å². The zero-order valence-corrected chi connectivity index (χ0v) is 12.8. The van der Waals surface area contributed by atoms with E-state index < -0.39 is 0 Å². The van der Waals surface area contributed by atoms with Gasteiger partial charge < -0.3 is 9.15 Å². The van der Waals surface area contributed by atoms with Crippen LogP contribution in [0.4, 0.5) is 0 Å². The summed E-state index contributed by atoms with van der Waals surface area (Å²) in [6.07, 6.45) is 5.24. The van der Waals surface area contributed by atoms with Crippen LogP contribution in [0.1, 0.15) is 42.2 Å². The quantitative estimate of drug-likeness (QED) is 0.867. The number of hydrogen-bond acceptors (Lipinski definition) is 7. The Morgan fingerprint density at radius 3 is 3.05 bits per heavy atom. The second-order valence-corrected chi connectivity index (χ2v) is 6.63. The van der Waals surface area contributed by atoms with E-state index in [1.807, 2.05) is 18.5 Å². The minimum absolute atomic E-state index is 0.0349. The summed E-state index contributed by atoms with van der Waals surface area (Å²) in [6.45, 7) is 3.82. The van der Waals surface area contributed by atoms with Crippen molar-refractivity contribution in [2.24, 2.45) is 0 Å². The first-order valence-corrected chi connectivity index (χ1v) is 8.25. The maximum atomic E-state index is 6.20. The van der Waals surface area contributed by atoms with Crippen molar-refractivity contribution in [3.05, 3.63) is 28.4 Å². The molecule has 2 fully saturated rings. The van der Waals surface area contributed by atoms with Crippen LogP contribution < -0.4 is 0 Å². The molecular formula is C14H18N4O2S. The van der Waals surface area contributed by atoms with E-state index in [2.05, 4.69) is 20.1 Å². The van der Waals surface area contributed by atoms with Crippen molar-refractivity contribution in [2.45, 2.75) is 51.0 Å². The molecule has 0 bridgehead atoms. The Morgan fingerprint density at radius 1 is 1.33 bits per heavy atom. The number of ether oxygens (including phenoxy) is 1. The van der Waals surface area contributed by atoms with Gasteiger partial charge >= 0.3 is 0 Å². The highest BCUT2D eigenvalue weighted by Crippen LogP contribution is 2.38. The fourth-order valence-corrected chi connectivity index (χ4v) is 3.98. The standard InChI is InChI=1S/C14H18N4O2S/c1-9-16-17-14(19-9)12-3-2-10-11(20-12)4-6-18(10)8-13-15-5-7-21-13/h5,7,10-12H,2-4,6,8H2,1H3/t10-,11-,12-/m0/s1. The first-order valence-electron chi connectivity index (χ1n) is 7.37.